The van der Waals surface area contributed by atoms with Gasteiger partial charge in [0.15, 0.2) is 9.84 Å². The zero-order chi connectivity index (χ0) is 13.2. The van der Waals surface area contributed by atoms with Crippen LogP contribution < -0.4 is 5.73 Å². The highest BCUT2D eigenvalue weighted by atomic mass is 32.2. The predicted molar refractivity (Wildman–Crippen MR) is 71.3 cm³/mol. The number of hydrogen-bond donors (Lipinski definition) is 2. The first-order valence-corrected chi connectivity index (χ1v) is 8.04. The minimum Gasteiger partial charge on any atom is -0.508 e. The Balaban J connectivity index is 2.26. The second kappa shape index (κ2) is 5.28. The number of para-hydroxylation sites is 1. The summed E-state index contributed by atoms with van der Waals surface area (Å²) in [6, 6.07) is 7.04. The fraction of sp³-hybridized carbons (Fsp3) is 0.538. The van der Waals surface area contributed by atoms with Crippen molar-refractivity contribution in [1.29, 1.82) is 0 Å². The molecule has 2 rings (SSSR count). The first-order chi connectivity index (χ1) is 8.53. The zero-order valence-corrected chi connectivity index (χ0v) is 11.1. The number of aromatic hydroxyl groups is 1. The molecule has 18 heavy (non-hydrogen) atoms. The third-order valence-corrected chi connectivity index (χ3v) is 5.50. The van der Waals surface area contributed by atoms with Gasteiger partial charge in [-0.05, 0) is 36.9 Å². The lowest BCUT2D eigenvalue weighted by Crippen LogP contribution is -2.32. The van der Waals surface area contributed by atoms with Crippen molar-refractivity contribution in [3.8, 4) is 5.75 Å². The van der Waals surface area contributed by atoms with Crippen molar-refractivity contribution < 1.29 is 13.5 Å². The Hall–Kier alpha value is -1.07. The molecule has 5 heteroatoms. The minimum atomic E-state index is -2.95. The number of benzene rings is 1. The maximum atomic E-state index is 11.7. The molecule has 1 heterocycles. The molecule has 4 nitrogen and oxygen atoms in total. The Morgan fingerprint density at radius 1 is 1.39 bits per heavy atom. The molecule has 0 bridgehead atoms. The lowest BCUT2D eigenvalue weighted by atomic mass is 9.84. The van der Waals surface area contributed by atoms with Crippen LogP contribution in [0.3, 0.4) is 0 Å². The summed E-state index contributed by atoms with van der Waals surface area (Å²) in [7, 11) is -2.95. The maximum Gasteiger partial charge on any atom is 0.150 e. The van der Waals surface area contributed by atoms with Crippen LogP contribution in [0.5, 0.6) is 5.75 Å². The molecular weight excluding hydrogens is 250 g/mol. The van der Waals surface area contributed by atoms with Gasteiger partial charge in [0, 0.05) is 5.92 Å². The number of phenols is 1. The molecule has 3 N–H and O–H groups in total. The van der Waals surface area contributed by atoms with Crippen molar-refractivity contribution in [1.82, 2.24) is 0 Å². The van der Waals surface area contributed by atoms with Crippen LogP contribution in [0, 0.1) is 5.92 Å². The van der Waals surface area contributed by atoms with Gasteiger partial charge in [0.25, 0.3) is 0 Å². The Morgan fingerprint density at radius 2 is 2.11 bits per heavy atom. The van der Waals surface area contributed by atoms with Gasteiger partial charge in [-0.25, -0.2) is 8.42 Å². The van der Waals surface area contributed by atoms with Gasteiger partial charge >= 0.3 is 0 Å². The van der Waals surface area contributed by atoms with Gasteiger partial charge in [-0.1, -0.05) is 18.2 Å². The predicted octanol–water partition coefficient (Wildman–Crippen LogP) is 1.26. The third-order valence-electron chi connectivity index (χ3n) is 3.66. The monoisotopic (exact) mass is 269 g/mol. The Bertz CT molecular complexity index is 513. The van der Waals surface area contributed by atoms with E-state index in [-0.39, 0.29) is 29.1 Å². The molecule has 2 unspecified atom stereocenters. The van der Waals surface area contributed by atoms with Crippen molar-refractivity contribution in [2.24, 2.45) is 11.7 Å². The minimum absolute atomic E-state index is 0.0158. The quantitative estimate of drug-likeness (QED) is 0.865. The van der Waals surface area contributed by atoms with Crippen LogP contribution in [0.1, 0.15) is 24.3 Å². The van der Waals surface area contributed by atoms with Crippen LogP contribution in [0.2, 0.25) is 0 Å². The fourth-order valence-corrected chi connectivity index (χ4v) is 4.57. The van der Waals surface area contributed by atoms with Gasteiger partial charge in [0.05, 0.1) is 11.5 Å². The number of sulfone groups is 1. The molecule has 2 atom stereocenters. The average Bonchev–Trinajstić information content (AvgIpc) is 2.31. The van der Waals surface area contributed by atoms with Crippen molar-refractivity contribution in [3.05, 3.63) is 29.8 Å². The van der Waals surface area contributed by atoms with E-state index in [9.17, 15) is 13.5 Å². The Labute approximate surface area is 108 Å². The topological polar surface area (TPSA) is 80.4 Å². The van der Waals surface area contributed by atoms with Crippen molar-refractivity contribution in [2.75, 3.05) is 18.1 Å². The summed E-state index contributed by atoms with van der Waals surface area (Å²) < 4.78 is 23.4. The summed E-state index contributed by atoms with van der Waals surface area (Å²) in [4.78, 5) is 0. The molecule has 100 valence electrons. The second-order valence-electron chi connectivity index (χ2n) is 4.92. The van der Waals surface area contributed by atoms with Crippen LogP contribution in [-0.4, -0.2) is 31.6 Å². The largest absolute Gasteiger partial charge is 0.508 e. The van der Waals surface area contributed by atoms with Crippen molar-refractivity contribution in [3.63, 3.8) is 0 Å². The van der Waals surface area contributed by atoms with Gasteiger partial charge < -0.3 is 10.8 Å². The molecule has 0 spiro atoms. The standard InChI is InChI=1S/C13H19NO3S/c14-8-12(11-5-1-2-6-13(11)15)10-4-3-7-18(16,17)9-10/h1-2,5-6,10,12,15H,3-4,7-9,14H2. The molecule has 1 aliphatic heterocycles. The Kier molecular flexibility index (Phi) is 3.92. The van der Waals surface area contributed by atoms with Gasteiger partial charge in [0.2, 0.25) is 0 Å². The number of phenolic OH excluding ortho intramolecular Hbond substituents is 1. The van der Waals surface area contributed by atoms with Crippen LogP contribution in [-0.2, 0) is 9.84 Å². The highest BCUT2D eigenvalue weighted by Crippen LogP contribution is 2.35. The summed E-state index contributed by atoms with van der Waals surface area (Å²) in [5.41, 5.74) is 6.55. The third kappa shape index (κ3) is 2.84. The van der Waals surface area contributed by atoms with E-state index in [0.29, 0.717) is 13.0 Å². The smallest absolute Gasteiger partial charge is 0.150 e. The molecular formula is C13H19NO3S. The maximum absolute atomic E-state index is 11.7. The molecule has 0 aromatic heterocycles. The second-order valence-corrected chi connectivity index (χ2v) is 7.15. The molecule has 0 radical (unpaired) electrons. The first-order valence-electron chi connectivity index (χ1n) is 6.22. The lowest BCUT2D eigenvalue weighted by Gasteiger charge is -2.29. The average molecular weight is 269 g/mol. The van der Waals surface area contributed by atoms with E-state index in [0.717, 1.165) is 12.0 Å². The number of nitrogens with two attached hydrogens (primary N) is 1. The van der Waals surface area contributed by atoms with Gasteiger partial charge in [-0.3, -0.25) is 0 Å². The highest BCUT2D eigenvalue weighted by molar-refractivity contribution is 7.91. The highest BCUT2D eigenvalue weighted by Gasteiger charge is 2.31. The van der Waals surface area contributed by atoms with E-state index in [1.807, 2.05) is 12.1 Å². The molecule has 1 fully saturated rings. The summed E-state index contributed by atoms with van der Waals surface area (Å²) in [5.74, 6) is 0.601. The zero-order valence-electron chi connectivity index (χ0n) is 10.2. The normalized spacial score (nSPS) is 24.6. The summed E-state index contributed by atoms with van der Waals surface area (Å²) in [5, 5.41) is 9.87. The van der Waals surface area contributed by atoms with Crippen LogP contribution >= 0.6 is 0 Å². The molecule has 1 saturated heterocycles. The van der Waals surface area contributed by atoms with E-state index >= 15 is 0 Å². The Morgan fingerprint density at radius 3 is 2.72 bits per heavy atom. The number of rotatable bonds is 3. The lowest BCUT2D eigenvalue weighted by molar-refractivity contribution is 0.393. The van der Waals surface area contributed by atoms with Gasteiger partial charge in [0.1, 0.15) is 5.75 Å². The molecule has 1 aromatic carbocycles. The fourth-order valence-electron chi connectivity index (χ4n) is 2.75. The molecule has 0 aliphatic carbocycles. The summed E-state index contributed by atoms with van der Waals surface area (Å²) in [6.07, 6.45) is 1.55. The van der Waals surface area contributed by atoms with Gasteiger partial charge in [-0.15, -0.1) is 0 Å². The van der Waals surface area contributed by atoms with Gasteiger partial charge in [-0.2, -0.15) is 0 Å². The van der Waals surface area contributed by atoms with E-state index in [1.54, 1.807) is 12.1 Å². The summed E-state index contributed by atoms with van der Waals surface area (Å²) in [6.45, 7) is 0.359. The molecule has 0 amide bonds. The van der Waals surface area contributed by atoms with E-state index in [2.05, 4.69) is 0 Å². The summed E-state index contributed by atoms with van der Waals surface area (Å²) >= 11 is 0. The van der Waals surface area contributed by atoms with E-state index < -0.39 is 9.84 Å². The SMILES string of the molecule is NCC(c1ccccc1O)C1CCCS(=O)(=O)C1. The molecule has 1 aliphatic rings. The molecule has 1 aromatic rings. The van der Waals surface area contributed by atoms with Crippen LogP contribution in [0.25, 0.3) is 0 Å². The number of hydrogen-bond acceptors (Lipinski definition) is 4. The van der Waals surface area contributed by atoms with Crippen molar-refractivity contribution in [2.45, 2.75) is 18.8 Å². The molecule has 0 saturated carbocycles. The van der Waals surface area contributed by atoms with Crippen LogP contribution in [0.15, 0.2) is 24.3 Å². The first kappa shape index (κ1) is 13.4. The van der Waals surface area contributed by atoms with Crippen molar-refractivity contribution >= 4 is 9.84 Å². The van der Waals surface area contributed by atoms with E-state index in [4.69, 9.17) is 5.73 Å². The van der Waals surface area contributed by atoms with Crippen LogP contribution in [0.4, 0.5) is 0 Å². The van der Waals surface area contributed by atoms with E-state index in [1.165, 1.54) is 0 Å².